The van der Waals surface area contributed by atoms with Gasteiger partial charge in [0.25, 0.3) is 5.56 Å². The van der Waals surface area contributed by atoms with Crippen LogP contribution >= 0.6 is 23.1 Å². The average Bonchev–Trinajstić information content (AvgIpc) is 3.12. The highest BCUT2D eigenvalue weighted by atomic mass is 32.2. The van der Waals surface area contributed by atoms with E-state index >= 15 is 0 Å². The van der Waals surface area contributed by atoms with Crippen LogP contribution in [-0.4, -0.2) is 32.7 Å². The Kier molecular flexibility index (Phi) is 7.16. The number of nitrogens with zero attached hydrogens (tertiary/aromatic N) is 2. The summed E-state index contributed by atoms with van der Waals surface area (Å²) in [5, 5.41) is 6.66. The third-order valence-corrected chi connectivity index (χ3v) is 7.48. The number of benzene rings is 1. The monoisotopic (exact) mass is 512 g/mol. The van der Waals surface area contributed by atoms with Gasteiger partial charge in [-0.25, -0.2) is 4.98 Å². The van der Waals surface area contributed by atoms with Gasteiger partial charge in [-0.05, 0) is 50.6 Å². The van der Waals surface area contributed by atoms with Crippen LogP contribution in [0.1, 0.15) is 38.1 Å². The first-order valence-corrected chi connectivity index (χ1v) is 13.0. The van der Waals surface area contributed by atoms with Crippen molar-refractivity contribution in [1.29, 1.82) is 0 Å². The summed E-state index contributed by atoms with van der Waals surface area (Å²) < 4.78 is 7.54. The average molecular weight is 513 g/mol. The number of thiophene rings is 1. The molecule has 0 saturated heterocycles. The van der Waals surface area contributed by atoms with E-state index in [1.807, 2.05) is 20.8 Å². The SMILES string of the molecule is C=C(C)Cn1c(SCC(=O)Nc2ccc(NC(C)=O)cc2)nc2sc3c(c2c1=O)CC(C)(C)OC3. The summed E-state index contributed by atoms with van der Waals surface area (Å²) in [6, 6.07) is 6.87. The molecule has 3 heterocycles. The van der Waals surface area contributed by atoms with Crippen molar-refractivity contribution in [1.82, 2.24) is 9.55 Å². The second kappa shape index (κ2) is 9.96. The number of amides is 2. The normalized spacial score (nSPS) is 14.4. The minimum atomic E-state index is -0.335. The predicted octanol–water partition coefficient (Wildman–Crippen LogP) is 4.57. The summed E-state index contributed by atoms with van der Waals surface area (Å²) in [6.45, 7) is 12.1. The lowest BCUT2D eigenvalue weighted by molar-refractivity contribution is -0.114. The number of carbonyl (C=O) groups is 2. The molecule has 1 aliphatic rings. The van der Waals surface area contributed by atoms with E-state index < -0.39 is 0 Å². The number of nitrogens with one attached hydrogen (secondary N) is 2. The van der Waals surface area contributed by atoms with Gasteiger partial charge in [-0.15, -0.1) is 11.3 Å². The van der Waals surface area contributed by atoms with Crippen LogP contribution in [0.5, 0.6) is 0 Å². The van der Waals surface area contributed by atoms with Gasteiger partial charge in [0, 0.05) is 36.1 Å². The molecule has 1 aromatic carbocycles. The summed E-state index contributed by atoms with van der Waals surface area (Å²) in [5.41, 5.74) is 2.67. The molecule has 3 aromatic rings. The van der Waals surface area contributed by atoms with Crippen LogP contribution < -0.4 is 16.2 Å². The van der Waals surface area contributed by atoms with E-state index in [1.165, 1.54) is 30.0 Å². The van der Waals surface area contributed by atoms with Crippen LogP contribution in [0, 0.1) is 0 Å². The van der Waals surface area contributed by atoms with Crippen LogP contribution in [0.4, 0.5) is 11.4 Å². The molecule has 4 rings (SSSR count). The predicted molar refractivity (Wildman–Crippen MR) is 141 cm³/mol. The molecule has 184 valence electrons. The highest BCUT2D eigenvalue weighted by molar-refractivity contribution is 7.99. The number of carbonyl (C=O) groups excluding carboxylic acids is 2. The van der Waals surface area contributed by atoms with Gasteiger partial charge in [0.1, 0.15) is 4.83 Å². The lowest BCUT2D eigenvalue weighted by atomic mass is 9.94. The Morgan fingerprint density at radius 1 is 1.20 bits per heavy atom. The number of anilines is 2. The molecule has 0 saturated carbocycles. The van der Waals surface area contributed by atoms with E-state index in [1.54, 1.807) is 28.8 Å². The van der Waals surface area contributed by atoms with Crippen LogP contribution in [0.25, 0.3) is 10.2 Å². The molecule has 0 radical (unpaired) electrons. The van der Waals surface area contributed by atoms with Gasteiger partial charge in [0.05, 0.1) is 23.3 Å². The van der Waals surface area contributed by atoms with Crippen LogP contribution in [0.15, 0.2) is 46.4 Å². The second-order valence-electron chi connectivity index (χ2n) is 9.25. The molecule has 0 unspecified atom stereocenters. The Balaban J connectivity index is 1.56. The molecule has 8 nitrogen and oxygen atoms in total. The highest BCUT2D eigenvalue weighted by Crippen LogP contribution is 2.37. The third-order valence-electron chi connectivity index (χ3n) is 5.41. The Morgan fingerprint density at radius 2 is 1.86 bits per heavy atom. The van der Waals surface area contributed by atoms with Crippen molar-refractivity contribution >= 4 is 56.5 Å². The molecule has 2 N–H and O–H groups in total. The molecule has 35 heavy (non-hydrogen) atoms. The Bertz CT molecular complexity index is 1370. The zero-order valence-corrected chi connectivity index (χ0v) is 21.8. The standard InChI is InChI=1S/C25H28N4O4S2/c1-14(2)11-29-23(32)21-18-10-25(4,5)33-12-19(18)35-22(21)28-24(29)34-13-20(31)27-17-8-6-16(7-9-17)26-15(3)30/h6-9H,1,10-13H2,2-5H3,(H,26,30)(H,27,31). The maximum absolute atomic E-state index is 13.6. The summed E-state index contributed by atoms with van der Waals surface area (Å²) in [6.07, 6.45) is 0.655. The summed E-state index contributed by atoms with van der Waals surface area (Å²) in [7, 11) is 0. The lowest BCUT2D eigenvalue weighted by Crippen LogP contribution is -2.32. The van der Waals surface area contributed by atoms with Crippen molar-refractivity contribution in [3.8, 4) is 0 Å². The van der Waals surface area contributed by atoms with Gasteiger partial charge in [-0.3, -0.25) is 19.0 Å². The van der Waals surface area contributed by atoms with Gasteiger partial charge >= 0.3 is 0 Å². The number of allylic oxidation sites excluding steroid dienone is 1. The van der Waals surface area contributed by atoms with Gasteiger partial charge < -0.3 is 15.4 Å². The van der Waals surface area contributed by atoms with Crippen molar-refractivity contribution in [3.63, 3.8) is 0 Å². The Hall–Kier alpha value is -2.95. The van der Waals surface area contributed by atoms with Crippen molar-refractivity contribution in [2.24, 2.45) is 0 Å². The fraction of sp³-hybridized carbons (Fsp3) is 0.360. The number of aromatic nitrogens is 2. The molecule has 0 spiro atoms. The first kappa shape index (κ1) is 25.2. The maximum atomic E-state index is 13.6. The molecule has 0 atom stereocenters. The Labute approximate surface area is 211 Å². The lowest BCUT2D eigenvalue weighted by Gasteiger charge is -2.29. The van der Waals surface area contributed by atoms with E-state index in [0.29, 0.717) is 46.3 Å². The molecule has 0 aliphatic carbocycles. The zero-order chi connectivity index (χ0) is 25.3. The minimum Gasteiger partial charge on any atom is -0.370 e. The van der Waals surface area contributed by atoms with Gasteiger partial charge in [0.2, 0.25) is 11.8 Å². The van der Waals surface area contributed by atoms with Crippen molar-refractivity contribution in [2.45, 2.75) is 58.0 Å². The number of hydrogen-bond acceptors (Lipinski definition) is 7. The van der Waals surface area contributed by atoms with E-state index in [4.69, 9.17) is 9.72 Å². The largest absolute Gasteiger partial charge is 0.370 e. The van der Waals surface area contributed by atoms with Crippen molar-refractivity contribution in [3.05, 3.63) is 57.2 Å². The van der Waals surface area contributed by atoms with Crippen LogP contribution in [-0.2, 0) is 33.9 Å². The fourth-order valence-electron chi connectivity index (χ4n) is 3.89. The minimum absolute atomic E-state index is 0.0861. The molecule has 2 aromatic heterocycles. The van der Waals surface area contributed by atoms with Crippen LogP contribution in [0.3, 0.4) is 0 Å². The number of ether oxygens (including phenoxy) is 1. The van der Waals surface area contributed by atoms with E-state index in [-0.39, 0.29) is 28.7 Å². The Morgan fingerprint density at radius 3 is 2.49 bits per heavy atom. The molecule has 1 aliphatic heterocycles. The number of hydrogen-bond donors (Lipinski definition) is 2. The summed E-state index contributed by atoms with van der Waals surface area (Å²) >= 11 is 2.70. The zero-order valence-electron chi connectivity index (χ0n) is 20.2. The number of fused-ring (bicyclic) bond motifs is 3. The molecule has 2 amide bonds. The van der Waals surface area contributed by atoms with Crippen LogP contribution in [0.2, 0.25) is 0 Å². The summed E-state index contributed by atoms with van der Waals surface area (Å²) in [5.74, 6) is -0.298. The van der Waals surface area contributed by atoms with E-state index in [9.17, 15) is 14.4 Å². The summed E-state index contributed by atoms with van der Waals surface area (Å²) in [4.78, 5) is 43.8. The molecule has 10 heteroatoms. The quantitative estimate of drug-likeness (QED) is 0.273. The van der Waals surface area contributed by atoms with Gasteiger partial charge in [-0.2, -0.15) is 0 Å². The number of thioether (sulfide) groups is 1. The molecule has 0 fully saturated rings. The highest BCUT2D eigenvalue weighted by Gasteiger charge is 2.31. The third kappa shape index (κ3) is 5.83. The molecule has 0 bridgehead atoms. The molecular weight excluding hydrogens is 484 g/mol. The maximum Gasteiger partial charge on any atom is 0.263 e. The van der Waals surface area contributed by atoms with E-state index in [0.717, 1.165) is 16.0 Å². The first-order chi connectivity index (χ1) is 16.5. The van der Waals surface area contributed by atoms with E-state index in [2.05, 4.69) is 17.2 Å². The topological polar surface area (TPSA) is 102 Å². The second-order valence-corrected chi connectivity index (χ2v) is 11.3. The van der Waals surface area contributed by atoms with Gasteiger partial charge in [0.15, 0.2) is 5.16 Å². The fourth-order valence-corrected chi connectivity index (χ4v) is 5.84. The first-order valence-electron chi connectivity index (χ1n) is 11.2. The smallest absolute Gasteiger partial charge is 0.263 e. The van der Waals surface area contributed by atoms with Crippen molar-refractivity contribution < 1.29 is 14.3 Å². The van der Waals surface area contributed by atoms with Crippen molar-refractivity contribution in [2.75, 3.05) is 16.4 Å². The molecular formula is C25H28N4O4S2. The number of rotatable bonds is 7. The van der Waals surface area contributed by atoms with Gasteiger partial charge in [-0.1, -0.05) is 23.9 Å².